The lowest BCUT2D eigenvalue weighted by molar-refractivity contribution is 0.0920. The summed E-state index contributed by atoms with van der Waals surface area (Å²) in [5, 5.41) is 14.0. The molecule has 0 radical (unpaired) electrons. The summed E-state index contributed by atoms with van der Waals surface area (Å²) in [6, 6.07) is 11.2. The summed E-state index contributed by atoms with van der Waals surface area (Å²) in [5.74, 6) is 0.483. The molecule has 1 atom stereocenters. The second-order valence-corrected chi connectivity index (χ2v) is 5.30. The van der Waals surface area contributed by atoms with Crippen LogP contribution in [0.2, 0.25) is 0 Å². The van der Waals surface area contributed by atoms with E-state index in [0.29, 0.717) is 17.0 Å². The molecule has 0 fully saturated rings. The van der Waals surface area contributed by atoms with Crippen molar-refractivity contribution < 1.29 is 14.6 Å². The van der Waals surface area contributed by atoms with E-state index in [4.69, 9.17) is 4.74 Å². The zero-order valence-electron chi connectivity index (χ0n) is 11.2. The van der Waals surface area contributed by atoms with Gasteiger partial charge in [0, 0.05) is 11.4 Å². The number of benzene rings is 1. The third-order valence-electron chi connectivity index (χ3n) is 2.92. The van der Waals surface area contributed by atoms with Crippen LogP contribution >= 0.6 is 11.3 Å². The van der Waals surface area contributed by atoms with E-state index in [1.807, 2.05) is 30.3 Å². The number of methoxy groups -OCH3 is 1. The van der Waals surface area contributed by atoms with E-state index in [0.717, 1.165) is 5.56 Å². The van der Waals surface area contributed by atoms with Crippen LogP contribution in [-0.4, -0.2) is 30.8 Å². The maximum Gasteiger partial charge on any atom is 0.261 e. The van der Waals surface area contributed by atoms with Gasteiger partial charge < -0.3 is 15.2 Å². The first-order valence-electron chi connectivity index (χ1n) is 6.31. The number of nitrogens with one attached hydrogen (secondary N) is 1. The van der Waals surface area contributed by atoms with Crippen LogP contribution in [0.3, 0.4) is 0 Å². The molecule has 0 saturated heterocycles. The molecule has 106 valence electrons. The highest BCUT2D eigenvalue weighted by molar-refractivity contribution is 7.12. The quantitative estimate of drug-likeness (QED) is 0.857. The van der Waals surface area contributed by atoms with Crippen LogP contribution in [0.5, 0.6) is 5.75 Å². The van der Waals surface area contributed by atoms with E-state index in [2.05, 4.69) is 5.32 Å². The van der Waals surface area contributed by atoms with Crippen molar-refractivity contribution in [3.8, 4) is 5.75 Å². The maximum absolute atomic E-state index is 12.1. The molecule has 0 aliphatic heterocycles. The van der Waals surface area contributed by atoms with Crippen LogP contribution in [-0.2, 0) is 6.42 Å². The Balaban J connectivity index is 1.97. The van der Waals surface area contributed by atoms with Crippen LogP contribution in [0.15, 0.2) is 41.8 Å². The van der Waals surface area contributed by atoms with E-state index in [1.165, 1.54) is 11.3 Å². The standard InChI is InChI=1S/C15H17NO3S/c1-19-13-8-14(20-10-13)15(18)16-12(9-17)7-11-5-3-2-4-6-11/h2-6,8,10,12,17H,7,9H2,1H3,(H,16,18)/t12-/m0/s1. The van der Waals surface area contributed by atoms with Crippen molar-refractivity contribution in [2.75, 3.05) is 13.7 Å². The van der Waals surface area contributed by atoms with Gasteiger partial charge in [0.2, 0.25) is 0 Å². The number of ether oxygens (including phenoxy) is 1. The number of carbonyl (C=O) groups excluding carboxylic acids is 1. The molecular formula is C15H17NO3S. The minimum absolute atomic E-state index is 0.0941. The van der Waals surface area contributed by atoms with Gasteiger partial charge in [-0.1, -0.05) is 30.3 Å². The largest absolute Gasteiger partial charge is 0.496 e. The third-order valence-corrected chi connectivity index (χ3v) is 3.82. The average molecular weight is 291 g/mol. The number of carbonyl (C=O) groups is 1. The van der Waals surface area contributed by atoms with Gasteiger partial charge in [-0.3, -0.25) is 4.79 Å². The second-order valence-electron chi connectivity index (χ2n) is 4.39. The van der Waals surface area contributed by atoms with E-state index in [9.17, 15) is 9.90 Å². The van der Waals surface area contributed by atoms with Crippen molar-refractivity contribution in [1.29, 1.82) is 0 Å². The number of amides is 1. The molecule has 0 aliphatic carbocycles. The number of thiophene rings is 1. The number of hydrogen-bond acceptors (Lipinski definition) is 4. The molecule has 1 heterocycles. The molecule has 2 N–H and O–H groups in total. The minimum atomic E-state index is -0.294. The Morgan fingerprint density at radius 3 is 2.75 bits per heavy atom. The van der Waals surface area contributed by atoms with E-state index >= 15 is 0 Å². The first kappa shape index (κ1) is 14.6. The Hall–Kier alpha value is -1.85. The van der Waals surface area contributed by atoms with Crippen molar-refractivity contribution in [3.63, 3.8) is 0 Å². The fourth-order valence-corrected chi connectivity index (χ4v) is 2.62. The van der Waals surface area contributed by atoms with Gasteiger partial charge in [0.05, 0.1) is 24.6 Å². The summed E-state index contributed by atoms with van der Waals surface area (Å²) in [6.07, 6.45) is 0.603. The fourth-order valence-electron chi connectivity index (χ4n) is 1.86. The highest BCUT2D eigenvalue weighted by Gasteiger charge is 2.15. The highest BCUT2D eigenvalue weighted by atomic mass is 32.1. The predicted molar refractivity (Wildman–Crippen MR) is 79.4 cm³/mol. The zero-order chi connectivity index (χ0) is 14.4. The topological polar surface area (TPSA) is 58.6 Å². The lowest BCUT2D eigenvalue weighted by Crippen LogP contribution is -2.38. The van der Waals surface area contributed by atoms with Crippen molar-refractivity contribution in [3.05, 3.63) is 52.2 Å². The Morgan fingerprint density at radius 2 is 2.15 bits per heavy atom. The molecular weight excluding hydrogens is 274 g/mol. The predicted octanol–water partition coefficient (Wildman–Crippen LogP) is 2.09. The first-order chi connectivity index (χ1) is 9.72. The third kappa shape index (κ3) is 3.82. The molecule has 1 aromatic carbocycles. The monoisotopic (exact) mass is 291 g/mol. The summed E-state index contributed by atoms with van der Waals surface area (Å²) >= 11 is 1.32. The van der Waals surface area contributed by atoms with Gasteiger partial charge in [0.25, 0.3) is 5.91 Å². The van der Waals surface area contributed by atoms with Crippen LogP contribution in [0.1, 0.15) is 15.2 Å². The van der Waals surface area contributed by atoms with E-state index in [-0.39, 0.29) is 18.6 Å². The van der Waals surface area contributed by atoms with Crippen molar-refractivity contribution in [2.45, 2.75) is 12.5 Å². The van der Waals surface area contributed by atoms with Crippen LogP contribution in [0.4, 0.5) is 0 Å². The molecule has 1 amide bonds. The number of aliphatic hydroxyl groups excluding tert-OH is 1. The van der Waals surface area contributed by atoms with E-state index < -0.39 is 0 Å². The van der Waals surface area contributed by atoms with Crippen molar-refractivity contribution in [1.82, 2.24) is 5.32 Å². The average Bonchev–Trinajstić information content (AvgIpc) is 2.96. The minimum Gasteiger partial charge on any atom is -0.496 e. The Labute approximate surface area is 122 Å². The van der Waals surface area contributed by atoms with Gasteiger partial charge in [-0.25, -0.2) is 0 Å². The summed E-state index contributed by atoms with van der Waals surface area (Å²) < 4.78 is 5.05. The fraction of sp³-hybridized carbons (Fsp3) is 0.267. The Bertz CT molecular complexity index is 553. The summed E-state index contributed by atoms with van der Waals surface area (Å²) in [4.78, 5) is 12.6. The lowest BCUT2D eigenvalue weighted by atomic mass is 10.1. The summed E-state index contributed by atoms with van der Waals surface area (Å²) in [6.45, 7) is -0.0941. The molecule has 0 unspecified atom stereocenters. The molecule has 0 bridgehead atoms. The second kappa shape index (κ2) is 7.07. The van der Waals surface area contributed by atoms with Crippen LogP contribution < -0.4 is 10.1 Å². The van der Waals surface area contributed by atoms with Gasteiger partial charge in [0.1, 0.15) is 5.75 Å². The molecule has 1 aromatic heterocycles. The van der Waals surface area contributed by atoms with Gasteiger partial charge in [-0.2, -0.15) is 0 Å². The van der Waals surface area contributed by atoms with Gasteiger partial charge in [0.15, 0.2) is 0 Å². The molecule has 20 heavy (non-hydrogen) atoms. The van der Waals surface area contributed by atoms with Gasteiger partial charge in [-0.15, -0.1) is 11.3 Å². The molecule has 0 saturated carbocycles. The first-order valence-corrected chi connectivity index (χ1v) is 7.19. The smallest absolute Gasteiger partial charge is 0.261 e. The molecule has 2 rings (SSSR count). The summed E-state index contributed by atoms with van der Waals surface area (Å²) in [7, 11) is 1.57. The Kier molecular flexibility index (Phi) is 5.15. The zero-order valence-corrected chi connectivity index (χ0v) is 12.0. The number of rotatable bonds is 6. The van der Waals surface area contributed by atoms with Gasteiger partial charge >= 0.3 is 0 Å². The molecule has 4 nitrogen and oxygen atoms in total. The van der Waals surface area contributed by atoms with E-state index in [1.54, 1.807) is 18.6 Å². The molecule has 0 spiro atoms. The van der Waals surface area contributed by atoms with Crippen LogP contribution in [0.25, 0.3) is 0 Å². The normalized spacial score (nSPS) is 11.9. The highest BCUT2D eigenvalue weighted by Crippen LogP contribution is 2.21. The molecule has 5 heteroatoms. The van der Waals surface area contributed by atoms with Crippen molar-refractivity contribution >= 4 is 17.2 Å². The summed E-state index contributed by atoms with van der Waals surface area (Å²) in [5.41, 5.74) is 1.08. The lowest BCUT2D eigenvalue weighted by Gasteiger charge is -2.15. The SMILES string of the molecule is COc1csc(C(=O)N[C@H](CO)Cc2ccccc2)c1. The maximum atomic E-state index is 12.1. The molecule has 2 aromatic rings. The number of hydrogen-bond donors (Lipinski definition) is 2. The molecule has 0 aliphatic rings. The van der Waals surface area contributed by atoms with Crippen molar-refractivity contribution in [2.24, 2.45) is 0 Å². The number of aliphatic hydroxyl groups is 1. The Morgan fingerprint density at radius 1 is 1.40 bits per heavy atom. The van der Waals surface area contributed by atoms with Gasteiger partial charge in [-0.05, 0) is 12.0 Å². The van der Waals surface area contributed by atoms with Crippen LogP contribution in [0, 0.1) is 0 Å².